The number of carbonyl (C=O) groups is 1. The lowest BCUT2D eigenvalue weighted by Crippen LogP contribution is -2.26. The van der Waals surface area contributed by atoms with E-state index in [0.717, 1.165) is 12.0 Å². The monoisotopic (exact) mass is 248 g/mol. The highest BCUT2D eigenvalue weighted by atomic mass is 16.1. The maximum atomic E-state index is 11.9. The molecular weight excluding hydrogens is 232 g/mol. The lowest BCUT2D eigenvalue weighted by Gasteiger charge is -2.03. The van der Waals surface area contributed by atoms with Crippen LogP contribution in [0.2, 0.25) is 0 Å². The number of rotatable bonds is 4. The number of hydrogen-bond donors (Lipinski definition) is 3. The van der Waals surface area contributed by atoms with Gasteiger partial charge in [-0.15, -0.1) is 0 Å². The maximum absolute atomic E-state index is 11.9. The molecule has 7 nitrogen and oxygen atoms in total. The molecule has 0 spiro atoms. The first-order valence-corrected chi connectivity index (χ1v) is 5.64. The van der Waals surface area contributed by atoms with E-state index in [1.54, 1.807) is 17.8 Å². The summed E-state index contributed by atoms with van der Waals surface area (Å²) >= 11 is 0. The number of aryl methyl sites for hydroxylation is 2. The number of hydrogen-bond acceptors (Lipinski definition) is 4. The maximum Gasteiger partial charge on any atom is 0.256 e. The van der Waals surface area contributed by atoms with Crippen LogP contribution >= 0.6 is 0 Å². The Balaban J connectivity index is 1.89. The van der Waals surface area contributed by atoms with Gasteiger partial charge in [-0.2, -0.15) is 10.2 Å². The summed E-state index contributed by atoms with van der Waals surface area (Å²) < 4.78 is 1.73. The zero-order valence-electron chi connectivity index (χ0n) is 10.4. The van der Waals surface area contributed by atoms with Gasteiger partial charge in [0.1, 0.15) is 5.56 Å². The van der Waals surface area contributed by atoms with E-state index in [9.17, 15) is 4.79 Å². The molecule has 0 bridgehead atoms. The van der Waals surface area contributed by atoms with Gasteiger partial charge in [0.05, 0.1) is 6.20 Å². The molecule has 0 fully saturated rings. The van der Waals surface area contributed by atoms with E-state index in [0.29, 0.717) is 17.8 Å². The van der Waals surface area contributed by atoms with Crippen LogP contribution in [0.5, 0.6) is 0 Å². The molecule has 0 aliphatic carbocycles. The Morgan fingerprint density at radius 3 is 2.94 bits per heavy atom. The molecule has 0 aliphatic rings. The first kappa shape index (κ1) is 12.2. The van der Waals surface area contributed by atoms with Gasteiger partial charge in [0.2, 0.25) is 0 Å². The van der Waals surface area contributed by atoms with Gasteiger partial charge < -0.3 is 11.1 Å². The number of aromatic amines is 1. The molecule has 4 N–H and O–H groups in total. The Bertz CT molecular complexity index is 536. The summed E-state index contributed by atoms with van der Waals surface area (Å²) in [4.78, 5) is 11.9. The van der Waals surface area contributed by atoms with E-state index >= 15 is 0 Å². The van der Waals surface area contributed by atoms with Crippen molar-refractivity contribution in [3.05, 3.63) is 29.2 Å². The van der Waals surface area contributed by atoms with Crippen LogP contribution in [0.3, 0.4) is 0 Å². The molecule has 96 valence electrons. The van der Waals surface area contributed by atoms with Gasteiger partial charge in [-0.3, -0.25) is 14.6 Å². The number of anilines is 1. The highest BCUT2D eigenvalue weighted by Gasteiger charge is 2.15. The van der Waals surface area contributed by atoms with Gasteiger partial charge in [0.25, 0.3) is 5.91 Å². The fraction of sp³-hybridized carbons (Fsp3) is 0.364. The fourth-order valence-electron chi connectivity index (χ4n) is 1.74. The second kappa shape index (κ2) is 4.91. The summed E-state index contributed by atoms with van der Waals surface area (Å²) in [7, 11) is 1.86. The largest absolute Gasteiger partial charge is 0.382 e. The molecule has 0 radical (unpaired) electrons. The SMILES string of the molecule is Cc1[nH]nc(N)c1C(=O)NCCc1cnn(C)c1. The Morgan fingerprint density at radius 2 is 2.39 bits per heavy atom. The van der Waals surface area contributed by atoms with Crippen molar-refractivity contribution < 1.29 is 4.79 Å². The average Bonchev–Trinajstić information content (AvgIpc) is 2.86. The third kappa shape index (κ3) is 2.50. The number of H-pyrrole nitrogens is 1. The molecule has 7 heteroatoms. The topological polar surface area (TPSA) is 102 Å². The predicted molar refractivity (Wildman–Crippen MR) is 67.0 cm³/mol. The molecule has 1 amide bonds. The number of carbonyl (C=O) groups excluding carboxylic acids is 1. The van der Waals surface area contributed by atoms with Crippen LogP contribution in [0.15, 0.2) is 12.4 Å². The number of nitrogen functional groups attached to an aromatic ring is 1. The second-order valence-electron chi connectivity index (χ2n) is 4.14. The van der Waals surface area contributed by atoms with Crippen molar-refractivity contribution in [2.45, 2.75) is 13.3 Å². The van der Waals surface area contributed by atoms with Crippen LogP contribution < -0.4 is 11.1 Å². The molecule has 2 heterocycles. The van der Waals surface area contributed by atoms with Crippen molar-refractivity contribution in [2.24, 2.45) is 7.05 Å². The summed E-state index contributed by atoms with van der Waals surface area (Å²) in [6.07, 6.45) is 4.43. The minimum atomic E-state index is -0.206. The van der Waals surface area contributed by atoms with Gasteiger partial charge in [0.15, 0.2) is 5.82 Å². The second-order valence-corrected chi connectivity index (χ2v) is 4.14. The number of nitrogens with zero attached hydrogens (tertiary/aromatic N) is 3. The molecule has 2 rings (SSSR count). The first-order valence-electron chi connectivity index (χ1n) is 5.64. The molecule has 0 aliphatic heterocycles. The van der Waals surface area contributed by atoms with Crippen LogP contribution in [-0.4, -0.2) is 32.4 Å². The summed E-state index contributed by atoms with van der Waals surface area (Å²) in [5.74, 6) is 0.0222. The molecule has 0 aromatic carbocycles. The quantitative estimate of drug-likeness (QED) is 0.709. The van der Waals surface area contributed by atoms with Gasteiger partial charge in [-0.25, -0.2) is 0 Å². The Labute approximate surface area is 104 Å². The Kier molecular flexibility index (Phi) is 3.31. The van der Waals surface area contributed by atoms with Crippen molar-refractivity contribution in [2.75, 3.05) is 12.3 Å². The van der Waals surface area contributed by atoms with Gasteiger partial charge in [-0.1, -0.05) is 0 Å². The van der Waals surface area contributed by atoms with E-state index in [-0.39, 0.29) is 11.7 Å². The summed E-state index contributed by atoms with van der Waals surface area (Å²) in [6.45, 7) is 2.30. The van der Waals surface area contributed by atoms with Crippen molar-refractivity contribution >= 4 is 11.7 Å². The molecule has 18 heavy (non-hydrogen) atoms. The predicted octanol–water partition coefficient (Wildman–Crippen LogP) is 0.00632. The van der Waals surface area contributed by atoms with E-state index in [1.807, 2.05) is 13.2 Å². The van der Waals surface area contributed by atoms with Gasteiger partial charge in [0, 0.05) is 25.5 Å². The highest BCUT2D eigenvalue weighted by molar-refractivity contribution is 5.99. The van der Waals surface area contributed by atoms with Gasteiger partial charge in [-0.05, 0) is 18.9 Å². The normalized spacial score (nSPS) is 10.6. The van der Waals surface area contributed by atoms with Crippen molar-refractivity contribution in [3.63, 3.8) is 0 Å². The zero-order valence-corrected chi connectivity index (χ0v) is 10.4. The van der Waals surface area contributed by atoms with Crippen LogP contribution in [0.1, 0.15) is 21.6 Å². The molecule has 0 saturated heterocycles. The smallest absolute Gasteiger partial charge is 0.256 e. The highest BCUT2D eigenvalue weighted by Crippen LogP contribution is 2.11. The van der Waals surface area contributed by atoms with Crippen LogP contribution in [0, 0.1) is 6.92 Å². The number of amides is 1. The summed E-state index contributed by atoms with van der Waals surface area (Å²) in [5.41, 5.74) is 7.78. The zero-order chi connectivity index (χ0) is 13.1. The van der Waals surface area contributed by atoms with Crippen molar-refractivity contribution in [1.82, 2.24) is 25.3 Å². The van der Waals surface area contributed by atoms with E-state index < -0.39 is 0 Å². The van der Waals surface area contributed by atoms with Crippen molar-refractivity contribution in [1.29, 1.82) is 0 Å². The molecule has 2 aromatic rings. The molecule has 0 atom stereocenters. The third-order valence-electron chi connectivity index (χ3n) is 2.66. The average molecular weight is 248 g/mol. The minimum Gasteiger partial charge on any atom is -0.382 e. The third-order valence-corrected chi connectivity index (χ3v) is 2.66. The number of nitrogens with two attached hydrogens (primary N) is 1. The van der Waals surface area contributed by atoms with Crippen LogP contribution in [0.4, 0.5) is 5.82 Å². The summed E-state index contributed by atoms with van der Waals surface area (Å²) in [5, 5.41) is 13.3. The lowest BCUT2D eigenvalue weighted by atomic mass is 10.2. The number of aromatic nitrogens is 4. The minimum absolute atomic E-state index is 0.206. The van der Waals surface area contributed by atoms with Crippen LogP contribution in [0.25, 0.3) is 0 Å². The molecule has 2 aromatic heterocycles. The molecule has 0 unspecified atom stereocenters. The Hall–Kier alpha value is -2.31. The first-order chi connectivity index (χ1) is 8.58. The van der Waals surface area contributed by atoms with E-state index in [2.05, 4.69) is 20.6 Å². The van der Waals surface area contributed by atoms with E-state index in [1.165, 1.54) is 0 Å². The Morgan fingerprint density at radius 1 is 1.61 bits per heavy atom. The number of nitrogens with one attached hydrogen (secondary N) is 2. The van der Waals surface area contributed by atoms with Crippen LogP contribution in [-0.2, 0) is 13.5 Å². The van der Waals surface area contributed by atoms with Gasteiger partial charge >= 0.3 is 0 Å². The lowest BCUT2D eigenvalue weighted by molar-refractivity contribution is 0.0954. The summed E-state index contributed by atoms with van der Waals surface area (Å²) in [6, 6.07) is 0. The van der Waals surface area contributed by atoms with Crippen molar-refractivity contribution in [3.8, 4) is 0 Å². The standard InChI is InChI=1S/C11H16N6O/c1-7-9(10(12)16-15-7)11(18)13-4-3-8-5-14-17(2)6-8/h5-6H,3-4H2,1-2H3,(H,13,18)(H3,12,15,16). The van der Waals surface area contributed by atoms with E-state index in [4.69, 9.17) is 5.73 Å². The molecule has 0 saturated carbocycles. The molecular formula is C11H16N6O. The fourth-order valence-corrected chi connectivity index (χ4v) is 1.74.